The van der Waals surface area contributed by atoms with Gasteiger partial charge < -0.3 is 5.43 Å². The lowest BCUT2D eigenvalue weighted by Crippen LogP contribution is -2.41. The molecule has 4 nitrogen and oxygen atoms in total. The number of hydrazine groups is 1. The van der Waals surface area contributed by atoms with Crippen LogP contribution >= 0.6 is 0 Å². The van der Waals surface area contributed by atoms with Gasteiger partial charge in [-0.1, -0.05) is 6.07 Å². The Balaban J connectivity index is 2.03. The molecule has 0 aliphatic carbocycles. The Morgan fingerprint density at radius 1 is 1.47 bits per heavy atom. The van der Waals surface area contributed by atoms with Crippen molar-refractivity contribution in [3.8, 4) is 0 Å². The van der Waals surface area contributed by atoms with Gasteiger partial charge in [0.15, 0.2) is 0 Å². The molecule has 0 aromatic carbocycles. The van der Waals surface area contributed by atoms with Gasteiger partial charge in [-0.25, -0.2) is 10.8 Å². The predicted molar refractivity (Wildman–Crippen MR) is 66.1 cm³/mol. The molecule has 1 aliphatic rings. The van der Waals surface area contributed by atoms with Crippen LogP contribution in [0, 0.1) is 5.92 Å². The molecule has 106 valence electrons. The topological polar surface area (TPSA) is 54.2 Å². The average Bonchev–Trinajstić information content (AvgIpc) is 2.39. The molecule has 0 saturated carbocycles. The Morgan fingerprint density at radius 2 is 2.26 bits per heavy atom. The van der Waals surface area contributed by atoms with Crippen LogP contribution in [0.15, 0.2) is 18.3 Å². The molecular weight excluding hydrogens is 257 g/mol. The number of nitrogens with zero attached hydrogens (tertiary/aromatic N) is 2. The first-order chi connectivity index (χ1) is 9.00. The zero-order valence-corrected chi connectivity index (χ0v) is 10.5. The number of nitrogen functional groups attached to an aromatic ring is 1. The summed E-state index contributed by atoms with van der Waals surface area (Å²) in [6, 6.07) is 3.57. The molecule has 1 aromatic rings. The molecule has 1 unspecified atom stereocenters. The van der Waals surface area contributed by atoms with E-state index in [-0.39, 0.29) is 13.0 Å². The highest BCUT2D eigenvalue weighted by Crippen LogP contribution is 2.33. The van der Waals surface area contributed by atoms with Crippen molar-refractivity contribution in [2.75, 3.05) is 18.5 Å². The van der Waals surface area contributed by atoms with Crippen LogP contribution in [0.5, 0.6) is 0 Å². The number of hydrogen-bond acceptors (Lipinski definition) is 4. The number of pyridine rings is 1. The molecule has 7 heteroatoms. The SMILES string of the molecule is NNc1ncccc1CN1CCCC(C(F)(F)F)C1. The Labute approximate surface area is 109 Å². The summed E-state index contributed by atoms with van der Waals surface area (Å²) in [5, 5.41) is 0. The smallest absolute Gasteiger partial charge is 0.308 e. The van der Waals surface area contributed by atoms with Gasteiger partial charge in [0.05, 0.1) is 5.92 Å². The first-order valence-corrected chi connectivity index (χ1v) is 6.20. The van der Waals surface area contributed by atoms with E-state index in [4.69, 9.17) is 5.84 Å². The molecule has 0 bridgehead atoms. The van der Waals surface area contributed by atoms with Crippen molar-refractivity contribution in [3.63, 3.8) is 0 Å². The standard InChI is InChI=1S/C12H17F3N4/c13-12(14,15)10-4-2-6-19(8-10)7-9-3-1-5-17-11(9)18-16/h1,3,5,10H,2,4,6-8,16H2,(H,17,18). The number of rotatable bonds is 3. The molecule has 1 aliphatic heterocycles. The van der Waals surface area contributed by atoms with Crippen LogP contribution in [0.25, 0.3) is 0 Å². The summed E-state index contributed by atoms with van der Waals surface area (Å²) in [5.74, 6) is 4.62. The lowest BCUT2D eigenvalue weighted by atomic mass is 9.97. The second-order valence-electron chi connectivity index (χ2n) is 4.77. The van der Waals surface area contributed by atoms with Gasteiger partial charge in [0.1, 0.15) is 5.82 Å². The molecule has 1 saturated heterocycles. The number of anilines is 1. The Morgan fingerprint density at radius 3 is 2.95 bits per heavy atom. The van der Waals surface area contributed by atoms with Crippen LogP contribution in [0.1, 0.15) is 18.4 Å². The average molecular weight is 274 g/mol. The summed E-state index contributed by atoms with van der Waals surface area (Å²) in [6.07, 6.45) is -1.74. The maximum absolute atomic E-state index is 12.7. The highest BCUT2D eigenvalue weighted by molar-refractivity contribution is 5.42. The molecule has 0 amide bonds. The largest absolute Gasteiger partial charge is 0.393 e. The van der Waals surface area contributed by atoms with Crippen molar-refractivity contribution < 1.29 is 13.2 Å². The summed E-state index contributed by atoms with van der Waals surface area (Å²) >= 11 is 0. The number of aromatic nitrogens is 1. The minimum Gasteiger partial charge on any atom is -0.308 e. The fraction of sp³-hybridized carbons (Fsp3) is 0.583. The maximum Gasteiger partial charge on any atom is 0.393 e. The lowest BCUT2D eigenvalue weighted by Gasteiger charge is -2.33. The summed E-state index contributed by atoms with van der Waals surface area (Å²) in [4.78, 5) is 5.85. The fourth-order valence-electron chi connectivity index (χ4n) is 2.40. The van der Waals surface area contributed by atoms with Gasteiger partial charge in [-0.2, -0.15) is 13.2 Å². The van der Waals surface area contributed by atoms with E-state index in [1.54, 1.807) is 17.2 Å². The van der Waals surface area contributed by atoms with Gasteiger partial charge in [-0.15, -0.1) is 0 Å². The number of nitrogens with one attached hydrogen (secondary N) is 1. The first kappa shape index (κ1) is 14.1. The highest BCUT2D eigenvalue weighted by Gasteiger charge is 2.41. The number of alkyl halides is 3. The van der Waals surface area contributed by atoms with E-state index in [2.05, 4.69) is 10.4 Å². The Bertz CT molecular complexity index is 422. The monoisotopic (exact) mass is 274 g/mol. The van der Waals surface area contributed by atoms with E-state index in [1.165, 1.54) is 0 Å². The third-order valence-electron chi connectivity index (χ3n) is 3.39. The maximum atomic E-state index is 12.7. The fourth-order valence-corrected chi connectivity index (χ4v) is 2.40. The van der Waals surface area contributed by atoms with Crippen LogP contribution in [0.2, 0.25) is 0 Å². The van der Waals surface area contributed by atoms with E-state index in [9.17, 15) is 13.2 Å². The van der Waals surface area contributed by atoms with Crippen LogP contribution < -0.4 is 11.3 Å². The molecule has 0 radical (unpaired) electrons. The number of nitrogens with two attached hydrogens (primary N) is 1. The molecule has 3 N–H and O–H groups in total. The van der Waals surface area contributed by atoms with E-state index in [1.807, 2.05) is 6.07 Å². The zero-order chi connectivity index (χ0) is 13.9. The predicted octanol–water partition coefficient (Wildman–Crippen LogP) is 2.14. The Hall–Kier alpha value is -1.34. The summed E-state index contributed by atoms with van der Waals surface area (Å²) in [6.45, 7) is 1.15. The number of piperidine rings is 1. The van der Waals surface area contributed by atoms with Crippen molar-refractivity contribution in [3.05, 3.63) is 23.9 Å². The van der Waals surface area contributed by atoms with Crippen molar-refractivity contribution in [1.82, 2.24) is 9.88 Å². The minimum absolute atomic E-state index is 0.0441. The molecule has 0 spiro atoms. The third kappa shape index (κ3) is 3.57. The van der Waals surface area contributed by atoms with Gasteiger partial charge in [-0.05, 0) is 25.5 Å². The van der Waals surface area contributed by atoms with E-state index >= 15 is 0 Å². The molecule has 19 heavy (non-hydrogen) atoms. The van der Waals surface area contributed by atoms with Crippen molar-refractivity contribution in [1.29, 1.82) is 0 Å². The van der Waals surface area contributed by atoms with Crippen LogP contribution in [-0.4, -0.2) is 29.1 Å². The van der Waals surface area contributed by atoms with Crippen molar-refractivity contribution >= 4 is 5.82 Å². The summed E-state index contributed by atoms with van der Waals surface area (Å²) < 4.78 is 38.2. The van der Waals surface area contributed by atoms with Gasteiger partial charge in [0.2, 0.25) is 0 Å². The quantitative estimate of drug-likeness (QED) is 0.655. The van der Waals surface area contributed by atoms with Gasteiger partial charge >= 0.3 is 6.18 Å². The van der Waals surface area contributed by atoms with Gasteiger partial charge in [-0.3, -0.25) is 4.90 Å². The highest BCUT2D eigenvalue weighted by atomic mass is 19.4. The zero-order valence-electron chi connectivity index (χ0n) is 10.5. The second-order valence-corrected chi connectivity index (χ2v) is 4.77. The summed E-state index contributed by atoms with van der Waals surface area (Å²) in [7, 11) is 0. The van der Waals surface area contributed by atoms with E-state index in [0.717, 1.165) is 5.56 Å². The van der Waals surface area contributed by atoms with Crippen molar-refractivity contribution in [2.45, 2.75) is 25.6 Å². The normalized spacial score (nSPS) is 21.4. The molecule has 1 atom stereocenters. The lowest BCUT2D eigenvalue weighted by molar-refractivity contribution is -0.187. The van der Waals surface area contributed by atoms with Crippen LogP contribution in [0.4, 0.5) is 19.0 Å². The molecule has 1 aromatic heterocycles. The second kappa shape index (κ2) is 5.75. The molecular formula is C12H17F3N4. The number of halogens is 3. The number of hydrogen-bond donors (Lipinski definition) is 2. The molecule has 2 rings (SSSR count). The first-order valence-electron chi connectivity index (χ1n) is 6.20. The molecule has 1 fully saturated rings. The Kier molecular flexibility index (Phi) is 4.26. The number of likely N-dealkylation sites (tertiary alicyclic amines) is 1. The third-order valence-corrected chi connectivity index (χ3v) is 3.39. The van der Waals surface area contributed by atoms with E-state index < -0.39 is 12.1 Å². The van der Waals surface area contributed by atoms with E-state index in [0.29, 0.717) is 25.3 Å². The van der Waals surface area contributed by atoms with Crippen LogP contribution in [0.3, 0.4) is 0 Å². The molecule has 2 heterocycles. The summed E-state index contributed by atoms with van der Waals surface area (Å²) in [5.41, 5.74) is 3.28. The van der Waals surface area contributed by atoms with Crippen molar-refractivity contribution in [2.24, 2.45) is 11.8 Å². The van der Waals surface area contributed by atoms with Crippen LogP contribution in [-0.2, 0) is 6.54 Å². The minimum atomic E-state index is -4.11. The van der Waals surface area contributed by atoms with Gasteiger partial charge in [0, 0.05) is 24.8 Å². The van der Waals surface area contributed by atoms with Gasteiger partial charge in [0.25, 0.3) is 0 Å².